The number of ether oxygens (including phenoxy) is 1. The normalized spacial score (nSPS) is 20.9. The largest absolute Gasteiger partial charge is 0.385 e. The van der Waals surface area contributed by atoms with Crippen molar-refractivity contribution in [3.05, 3.63) is 53.2 Å². The molecule has 0 amide bonds. The molecule has 1 aromatic carbocycles. The molecular weight excluding hydrogens is 318 g/mol. The zero-order chi connectivity index (χ0) is 16.8. The van der Waals surface area contributed by atoms with Crippen LogP contribution in [0.4, 0.5) is 0 Å². The summed E-state index contributed by atoms with van der Waals surface area (Å²) in [6, 6.07) is 12.3. The van der Waals surface area contributed by atoms with Gasteiger partial charge in [0, 0.05) is 30.5 Å². The predicted octanol–water partition coefficient (Wildman–Crippen LogP) is 6.10. The van der Waals surface area contributed by atoms with E-state index >= 15 is 0 Å². The minimum Gasteiger partial charge on any atom is -0.385 e. The van der Waals surface area contributed by atoms with Crippen LogP contribution in [0.3, 0.4) is 0 Å². The van der Waals surface area contributed by atoms with Gasteiger partial charge in [0.05, 0.1) is 5.69 Å². The van der Waals surface area contributed by atoms with Crippen molar-refractivity contribution in [3.8, 4) is 11.3 Å². The van der Waals surface area contributed by atoms with Gasteiger partial charge >= 0.3 is 0 Å². The molecule has 0 unspecified atom stereocenters. The third-order valence-corrected chi connectivity index (χ3v) is 5.46. The van der Waals surface area contributed by atoms with Gasteiger partial charge < -0.3 is 4.74 Å². The average Bonchev–Trinajstić information content (AvgIpc) is 2.63. The van der Waals surface area contributed by atoms with Gasteiger partial charge in [0.15, 0.2) is 0 Å². The first-order valence-electron chi connectivity index (χ1n) is 8.97. The maximum atomic E-state index is 5.95. The lowest BCUT2D eigenvalue weighted by molar-refractivity contribution is 0.180. The molecule has 1 heterocycles. The molecule has 0 saturated heterocycles. The highest BCUT2D eigenvalue weighted by Crippen LogP contribution is 2.37. The molecule has 0 spiro atoms. The van der Waals surface area contributed by atoms with Crippen LogP contribution >= 0.6 is 11.6 Å². The molecule has 0 bridgehead atoms. The van der Waals surface area contributed by atoms with E-state index in [1.165, 1.54) is 44.1 Å². The second-order valence-electron chi connectivity index (χ2n) is 6.84. The summed E-state index contributed by atoms with van der Waals surface area (Å²) in [5, 5.41) is 0.762. The van der Waals surface area contributed by atoms with Crippen molar-refractivity contribution < 1.29 is 4.74 Å². The minimum absolute atomic E-state index is 0.676. The summed E-state index contributed by atoms with van der Waals surface area (Å²) in [4.78, 5) is 4.67. The summed E-state index contributed by atoms with van der Waals surface area (Å²) in [6.07, 6.45) is 9.84. The Morgan fingerprint density at radius 1 is 1.04 bits per heavy atom. The van der Waals surface area contributed by atoms with E-state index in [4.69, 9.17) is 16.3 Å². The van der Waals surface area contributed by atoms with Crippen LogP contribution in [-0.4, -0.2) is 18.7 Å². The van der Waals surface area contributed by atoms with Crippen molar-refractivity contribution in [2.75, 3.05) is 13.7 Å². The number of nitrogens with zero attached hydrogens (tertiary/aromatic N) is 1. The lowest BCUT2D eigenvalue weighted by atomic mass is 9.77. The molecule has 2 aromatic rings. The highest BCUT2D eigenvalue weighted by Gasteiger charge is 2.22. The fourth-order valence-electron chi connectivity index (χ4n) is 3.74. The van der Waals surface area contributed by atoms with E-state index in [0.717, 1.165) is 28.8 Å². The fraction of sp³-hybridized carbons (Fsp3) is 0.476. The van der Waals surface area contributed by atoms with Crippen molar-refractivity contribution in [3.63, 3.8) is 0 Å². The Hall–Kier alpha value is -1.38. The molecule has 1 aromatic heterocycles. The van der Waals surface area contributed by atoms with Crippen molar-refractivity contribution in [1.82, 2.24) is 4.98 Å². The van der Waals surface area contributed by atoms with Crippen molar-refractivity contribution in [2.24, 2.45) is 5.92 Å². The summed E-state index contributed by atoms with van der Waals surface area (Å²) in [5.74, 6) is 1.56. The van der Waals surface area contributed by atoms with E-state index in [0.29, 0.717) is 5.92 Å². The van der Waals surface area contributed by atoms with E-state index in [2.05, 4.69) is 23.3 Å². The quantitative estimate of drug-likeness (QED) is 0.591. The number of hydrogen-bond acceptors (Lipinski definition) is 2. The molecule has 1 aliphatic rings. The Morgan fingerprint density at radius 2 is 1.79 bits per heavy atom. The summed E-state index contributed by atoms with van der Waals surface area (Å²) < 4.78 is 5.16. The lowest BCUT2D eigenvalue weighted by Crippen LogP contribution is -2.14. The molecule has 2 nitrogen and oxygen atoms in total. The first-order valence-corrected chi connectivity index (χ1v) is 9.35. The van der Waals surface area contributed by atoms with Crippen LogP contribution in [-0.2, 0) is 4.74 Å². The summed E-state index contributed by atoms with van der Waals surface area (Å²) in [6.45, 7) is 0.899. The Balaban J connectivity index is 1.56. The van der Waals surface area contributed by atoms with Gasteiger partial charge in [-0.05, 0) is 74.1 Å². The number of hydrogen-bond donors (Lipinski definition) is 0. The van der Waals surface area contributed by atoms with E-state index in [-0.39, 0.29) is 0 Å². The number of halogens is 1. The third kappa shape index (κ3) is 4.58. The summed E-state index contributed by atoms with van der Waals surface area (Å²) in [5.41, 5.74) is 3.53. The number of methoxy groups -OCH3 is 1. The van der Waals surface area contributed by atoms with Crippen LogP contribution < -0.4 is 0 Å². The van der Waals surface area contributed by atoms with Crippen LogP contribution in [0.25, 0.3) is 11.3 Å². The Labute approximate surface area is 150 Å². The van der Waals surface area contributed by atoms with Crippen molar-refractivity contribution >= 4 is 11.6 Å². The third-order valence-electron chi connectivity index (χ3n) is 5.21. The standard InChI is InChI=1S/C21H26ClNO/c1-24-14-2-3-16-4-6-17(7-5-16)19-10-13-21(23-15-19)18-8-11-20(22)12-9-18/h8-13,15-17H,2-7,14H2,1H3. The monoisotopic (exact) mass is 343 g/mol. The van der Waals surface area contributed by atoms with Gasteiger partial charge in [0.25, 0.3) is 0 Å². The molecule has 3 rings (SSSR count). The minimum atomic E-state index is 0.676. The summed E-state index contributed by atoms with van der Waals surface area (Å²) >= 11 is 5.95. The topological polar surface area (TPSA) is 22.1 Å². The van der Waals surface area contributed by atoms with Gasteiger partial charge in [-0.15, -0.1) is 0 Å². The molecule has 24 heavy (non-hydrogen) atoms. The number of aromatic nitrogens is 1. The average molecular weight is 344 g/mol. The van der Waals surface area contributed by atoms with Crippen LogP contribution in [0.2, 0.25) is 5.02 Å². The second-order valence-corrected chi connectivity index (χ2v) is 7.27. The zero-order valence-electron chi connectivity index (χ0n) is 14.4. The van der Waals surface area contributed by atoms with Crippen LogP contribution in [0.15, 0.2) is 42.6 Å². The van der Waals surface area contributed by atoms with Crippen molar-refractivity contribution in [1.29, 1.82) is 0 Å². The molecule has 0 aliphatic heterocycles. The Bertz CT molecular complexity index is 615. The van der Waals surface area contributed by atoms with E-state index in [9.17, 15) is 0 Å². The van der Waals surface area contributed by atoms with E-state index < -0.39 is 0 Å². The molecule has 0 atom stereocenters. The fourth-order valence-corrected chi connectivity index (χ4v) is 3.86. The molecule has 0 radical (unpaired) electrons. The Kier molecular flexibility index (Phi) is 6.28. The molecule has 1 saturated carbocycles. The molecule has 0 N–H and O–H groups in total. The highest BCUT2D eigenvalue weighted by molar-refractivity contribution is 6.30. The highest BCUT2D eigenvalue weighted by atomic mass is 35.5. The van der Waals surface area contributed by atoms with Gasteiger partial charge in [-0.2, -0.15) is 0 Å². The van der Waals surface area contributed by atoms with Gasteiger partial charge in [0.1, 0.15) is 0 Å². The van der Waals surface area contributed by atoms with Crippen LogP contribution in [0.5, 0.6) is 0 Å². The molecule has 1 fully saturated rings. The summed E-state index contributed by atoms with van der Waals surface area (Å²) in [7, 11) is 1.79. The van der Waals surface area contributed by atoms with Crippen LogP contribution in [0.1, 0.15) is 50.0 Å². The number of rotatable bonds is 6. The van der Waals surface area contributed by atoms with Crippen LogP contribution in [0, 0.1) is 5.92 Å². The Morgan fingerprint density at radius 3 is 2.42 bits per heavy atom. The smallest absolute Gasteiger partial charge is 0.0702 e. The molecular formula is C21H26ClNO. The van der Waals surface area contributed by atoms with Gasteiger partial charge in [-0.25, -0.2) is 0 Å². The zero-order valence-corrected chi connectivity index (χ0v) is 15.1. The maximum absolute atomic E-state index is 5.95. The second kappa shape index (κ2) is 8.64. The first-order chi connectivity index (χ1) is 11.8. The molecule has 128 valence electrons. The van der Waals surface area contributed by atoms with E-state index in [1.807, 2.05) is 24.3 Å². The number of pyridine rings is 1. The van der Waals surface area contributed by atoms with Crippen molar-refractivity contribution in [2.45, 2.75) is 44.4 Å². The van der Waals surface area contributed by atoms with E-state index in [1.54, 1.807) is 7.11 Å². The lowest BCUT2D eigenvalue weighted by Gasteiger charge is -2.28. The number of benzene rings is 1. The predicted molar refractivity (Wildman–Crippen MR) is 100 cm³/mol. The van der Waals surface area contributed by atoms with Gasteiger partial charge in [-0.3, -0.25) is 4.98 Å². The first kappa shape index (κ1) is 17.4. The molecule has 3 heteroatoms. The molecule has 1 aliphatic carbocycles. The van der Waals surface area contributed by atoms with Gasteiger partial charge in [0.2, 0.25) is 0 Å². The maximum Gasteiger partial charge on any atom is 0.0702 e. The van der Waals surface area contributed by atoms with Gasteiger partial charge in [-0.1, -0.05) is 29.8 Å². The SMILES string of the molecule is COCCCC1CCC(c2ccc(-c3ccc(Cl)cc3)nc2)CC1.